The topological polar surface area (TPSA) is 80.2 Å². The zero-order valence-corrected chi connectivity index (χ0v) is 16.1. The van der Waals surface area contributed by atoms with Gasteiger partial charge in [0, 0.05) is 11.6 Å². The monoisotopic (exact) mass is 381 g/mol. The number of methoxy groups -OCH3 is 2. The van der Waals surface area contributed by atoms with E-state index in [0.717, 1.165) is 10.6 Å². The summed E-state index contributed by atoms with van der Waals surface area (Å²) in [5.41, 5.74) is 0.742. The molecule has 0 aromatic heterocycles. The Hall–Kier alpha value is -3.35. The molecule has 1 saturated heterocycles. The summed E-state index contributed by atoms with van der Waals surface area (Å²) in [6.45, 7) is 1.72. The van der Waals surface area contributed by atoms with Crippen molar-refractivity contribution in [2.24, 2.45) is 5.10 Å². The minimum atomic E-state index is -0.992. The van der Waals surface area contributed by atoms with Crippen LogP contribution in [0.5, 0.6) is 11.5 Å². The highest BCUT2D eigenvalue weighted by molar-refractivity contribution is 6.07. The zero-order valence-electron chi connectivity index (χ0n) is 16.1. The van der Waals surface area contributed by atoms with Crippen LogP contribution in [0.3, 0.4) is 0 Å². The molecule has 1 aliphatic rings. The number of ether oxygens (including phenoxy) is 2. The molecular weight excluding hydrogens is 358 g/mol. The summed E-state index contributed by atoms with van der Waals surface area (Å²) in [6.07, 6.45) is 2.59. The Balaban J connectivity index is 1.74. The van der Waals surface area contributed by atoms with Crippen LogP contribution < -0.4 is 14.8 Å². The number of aryl methyl sites for hydroxylation is 1. The quantitative estimate of drug-likeness (QED) is 0.591. The first-order chi connectivity index (χ1) is 13.5. The lowest BCUT2D eigenvalue weighted by Crippen LogP contribution is -2.44. The first-order valence-corrected chi connectivity index (χ1v) is 8.93. The van der Waals surface area contributed by atoms with Crippen molar-refractivity contribution in [1.82, 2.24) is 10.3 Å². The standard InChI is InChI=1S/C21H23N3O4/c1-21(12-11-15-7-5-4-6-8-15)19(25)24(20(26)23-21)22-14-16-9-10-17(27-2)13-18(16)28-3/h4-10,13-14H,11-12H2,1-3H3,(H,23,26)/b22-14-/t21-/m1/s1. The lowest BCUT2D eigenvalue weighted by molar-refractivity contribution is -0.130. The smallest absolute Gasteiger partial charge is 0.346 e. The molecule has 7 nitrogen and oxygen atoms in total. The average Bonchev–Trinajstić information content (AvgIpc) is 2.94. The molecule has 146 valence electrons. The molecule has 3 rings (SSSR count). The van der Waals surface area contributed by atoms with Gasteiger partial charge in [0.25, 0.3) is 5.91 Å². The molecule has 2 aromatic rings. The number of carbonyl (C=O) groups excluding carboxylic acids is 2. The Morgan fingerprint density at radius 2 is 1.86 bits per heavy atom. The van der Waals surface area contributed by atoms with Crippen LogP contribution >= 0.6 is 0 Å². The van der Waals surface area contributed by atoms with Crippen LogP contribution in [-0.4, -0.2) is 42.9 Å². The SMILES string of the molecule is COc1ccc(/C=N\N2C(=O)N[C@](C)(CCc3ccccc3)C2=O)c(OC)c1. The molecule has 0 bridgehead atoms. The highest BCUT2D eigenvalue weighted by Gasteiger charge is 2.47. The maximum absolute atomic E-state index is 12.8. The van der Waals surface area contributed by atoms with Gasteiger partial charge >= 0.3 is 6.03 Å². The van der Waals surface area contributed by atoms with Crippen molar-refractivity contribution in [2.75, 3.05) is 14.2 Å². The molecule has 1 heterocycles. The summed E-state index contributed by atoms with van der Waals surface area (Å²) in [5, 5.41) is 7.72. The van der Waals surface area contributed by atoms with Crippen molar-refractivity contribution in [3.63, 3.8) is 0 Å². The number of carbonyl (C=O) groups is 2. The first-order valence-electron chi connectivity index (χ1n) is 8.93. The van der Waals surface area contributed by atoms with Gasteiger partial charge in [-0.05, 0) is 37.5 Å². The second kappa shape index (κ2) is 8.12. The fourth-order valence-corrected chi connectivity index (χ4v) is 3.03. The maximum atomic E-state index is 12.8. The highest BCUT2D eigenvalue weighted by atomic mass is 16.5. The van der Waals surface area contributed by atoms with E-state index >= 15 is 0 Å². The molecule has 1 aliphatic heterocycles. The molecule has 1 atom stereocenters. The number of hydrogen-bond acceptors (Lipinski definition) is 5. The number of hydrogen-bond donors (Lipinski definition) is 1. The van der Waals surface area contributed by atoms with E-state index in [-0.39, 0.29) is 5.91 Å². The lowest BCUT2D eigenvalue weighted by atomic mass is 9.93. The number of rotatable bonds is 7. The van der Waals surface area contributed by atoms with E-state index in [4.69, 9.17) is 9.47 Å². The Morgan fingerprint density at radius 1 is 1.11 bits per heavy atom. The predicted octanol–water partition coefficient (Wildman–Crippen LogP) is 2.98. The molecule has 0 spiro atoms. The molecule has 0 saturated carbocycles. The van der Waals surface area contributed by atoms with Crippen LogP contribution in [0.1, 0.15) is 24.5 Å². The van der Waals surface area contributed by atoms with Crippen LogP contribution in [-0.2, 0) is 11.2 Å². The van der Waals surface area contributed by atoms with Gasteiger partial charge < -0.3 is 14.8 Å². The molecule has 7 heteroatoms. The number of nitrogens with one attached hydrogen (secondary N) is 1. The van der Waals surface area contributed by atoms with Gasteiger partial charge in [0.2, 0.25) is 0 Å². The summed E-state index contributed by atoms with van der Waals surface area (Å²) >= 11 is 0. The van der Waals surface area contributed by atoms with E-state index in [9.17, 15) is 9.59 Å². The highest BCUT2D eigenvalue weighted by Crippen LogP contribution is 2.25. The van der Waals surface area contributed by atoms with Crippen LogP contribution in [0.15, 0.2) is 53.6 Å². The van der Waals surface area contributed by atoms with Crippen molar-refractivity contribution in [2.45, 2.75) is 25.3 Å². The number of hydrazone groups is 1. The van der Waals surface area contributed by atoms with E-state index in [1.165, 1.54) is 13.3 Å². The third kappa shape index (κ3) is 3.98. The maximum Gasteiger partial charge on any atom is 0.346 e. The van der Waals surface area contributed by atoms with Crippen LogP contribution in [0.2, 0.25) is 0 Å². The first kappa shape index (κ1) is 19.4. The van der Waals surface area contributed by atoms with Crippen LogP contribution in [0, 0.1) is 0 Å². The molecule has 1 N–H and O–H groups in total. The van der Waals surface area contributed by atoms with Gasteiger partial charge in [0.1, 0.15) is 17.0 Å². The third-order valence-corrected chi connectivity index (χ3v) is 4.75. The molecule has 2 aromatic carbocycles. The van der Waals surface area contributed by atoms with Crippen molar-refractivity contribution < 1.29 is 19.1 Å². The number of benzene rings is 2. The van der Waals surface area contributed by atoms with E-state index in [1.807, 2.05) is 30.3 Å². The Labute approximate surface area is 163 Å². The molecule has 0 unspecified atom stereocenters. The van der Waals surface area contributed by atoms with E-state index in [0.29, 0.717) is 29.9 Å². The van der Waals surface area contributed by atoms with Gasteiger partial charge in [0.05, 0.1) is 20.4 Å². The van der Waals surface area contributed by atoms with Crippen molar-refractivity contribution in [3.05, 3.63) is 59.7 Å². The number of urea groups is 1. The number of imide groups is 1. The summed E-state index contributed by atoms with van der Waals surface area (Å²) in [7, 11) is 3.09. The Bertz CT molecular complexity index is 898. The third-order valence-electron chi connectivity index (χ3n) is 4.75. The van der Waals surface area contributed by atoms with Crippen LogP contribution in [0.4, 0.5) is 4.79 Å². The Kier molecular flexibility index (Phi) is 5.63. The number of nitrogens with zero attached hydrogens (tertiary/aromatic N) is 2. The largest absolute Gasteiger partial charge is 0.497 e. The average molecular weight is 381 g/mol. The van der Waals surface area contributed by atoms with Crippen molar-refractivity contribution in [3.8, 4) is 11.5 Å². The Morgan fingerprint density at radius 3 is 2.54 bits per heavy atom. The summed E-state index contributed by atoms with van der Waals surface area (Å²) < 4.78 is 10.5. The molecule has 0 aliphatic carbocycles. The fourth-order valence-electron chi connectivity index (χ4n) is 3.03. The van der Waals surface area contributed by atoms with Gasteiger partial charge in [-0.3, -0.25) is 4.79 Å². The van der Waals surface area contributed by atoms with E-state index in [1.54, 1.807) is 32.2 Å². The van der Waals surface area contributed by atoms with E-state index in [2.05, 4.69) is 10.4 Å². The normalized spacial score (nSPS) is 19.2. The molecular formula is C21H23N3O4. The van der Waals surface area contributed by atoms with E-state index < -0.39 is 11.6 Å². The van der Waals surface area contributed by atoms with Gasteiger partial charge in [-0.2, -0.15) is 5.10 Å². The predicted molar refractivity (Wildman–Crippen MR) is 106 cm³/mol. The molecule has 0 radical (unpaired) electrons. The number of amides is 3. The molecule has 1 fully saturated rings. The van der Waals surface area contributed by atoms with Gasteiger partial charge in [0.15, 0.2) is 0 Å². The summed E-state index contributed by atoms with van der Waals surface area (Å²) in [5.74, 6) is 0.789. The van der Waals surface area contributed by atoms with Crippen molar-refractivity contribution >= 4 is 18.2 Å². The molecule has 28 heavy (non-hydrogen) atoms. The lowest BCUT2D eigenvalue weighted by Gasteiger charge is -2.20. The fraction of sp³-hybridized carbons (Fsp3) is 0.286. The second-order valence-corrected chi connectivity index (χ2v) is 6.72. The molecule has 3 amide bonds. The van der Waals surface area contributed by atoms with Gasteiger partial charge in [-0.1, -0.05) is 30.3 Å². The van der Waals surface area contributed by atoms with Gasteiger partial charge in [-0.15, -0.1) is 5.01 Å². The van der Waals surface area contributed by atoms with Crippen molar-refractivity contribution in [1.29, 1.82) is 0 Å². The zero-order chi connectivity index (χ0) is 20.1. The minimum absolute atomic E-state index is 0.378. The van der Waals surface area contributed by atoms with Gasteiger partial charge in [-0.25, -0.2) is 4.79 Å². The second-order valence-electron chi connectivity index (χ2n) is 6.72. The minimum Gasteiger partial charge on any atom is -0.497 e. The summed E-state index contributed by atoms with van der Waals surface area (Å²) in [4.78, 5) is 25.1. The van der Waals surface area contributed by atoms with Crippen LogP contribution in [0.25, 0.3) is 0 Å². The summed E-state index contributed by atoms with van der Waals surface area (Å²) in [6, 6.07) is 14.5.